The third-order valence-electron chi connectivity index (χ3n) is 5.01. The highest BCUT2D eigenvalue weighted by atomic mass is 19.4. The van der Waals surface area contributed by atoms with E-state index in [0.29, 0.717) is 11.0 Å². The molecule has 3 rings (SSSR count). The van der Waals surface area contributed by atoms with E-state index >= 15 is 0 Å². The number of anilines is 2. The summed E-state index contributed by atoms with van der Waals surface area (Å²) in [6.07, 6.45) is -13.7. The third kappa shape index (κ3) is 9.42. The van der Waals surface area contributed by atoms with Crippen molar-refractivity contribution in [1.82, 2.24) is 0 Å². The van der Waals surface area contributed by atoms with Crippen LogP contribution in [0.5, 0.6) is 5.75 Å². The third-order valence-corrected chi connectivity index (χ3v) is 5.01. The Kier molecular flexibility index (Phi) is 10.4. The first kappa shape index (κ1) is 33.0. The molecule has 0 spiro atoms. The van der Waals surface area contributed by atoms with Crippen LogP contribution >= 0.6 is 0 Å². The number of amides is 1. The fourth-order valence-corrected chi connectivity index (χ4v) is 3.28. The lowest BCUT2D eigenvalue weighted by Crippen LogP contribution is -2.42. The number of carbonyl (C=O) groups is 2. The van der Waals surface area contributed by atoms with Crippen LogP contribution in [-0.2, 0) is 20.5 Å². The van der Waals surface area contributed by atoms with Gasteiger partial charge in [-0.3, -0.25) is 10.5 Å². The van der Waals surface area contributed by atoms with Crippen LogP contribution in [0.3, 0.4) is 0 Å². The van der Waals surface area contributed by atoms with Crippen molar-refractivity contribution in [3.63, 3.8) is 0 Å². The second-order valence-electron chi connectivity index (χ2n) is 8.08. The van der Waals surface area contributed by atoms with E-state index < -0.39 is 79.2 Å². The Morgan fingerprint density at radius 2 is 1.68 bits per heavy atom. The van der Waals surface area contributed by atoms with E-state index in [9.17, 15) is 44.3 Å². The minimum atomic E-state index is -4.97. The van der Waals surface area contributed by atoms with Crippen molar-refractivity contribution in [3.8, 4) is 11.8 Å². The highest BCUT2D eigenvalue weighted by Crippen LogP contribution is 2.39. The summed E-state index contributed by atoms with van der Waals surface area (Å²) in [6, 6.07) is 4.23. The largest absolute Gasteiger partial charge is 0.491 e. The molecule has 2 aromatic rings. The Labute approximate surface area is 224 Å². The fraction of sp³-hybridized carbons (Fsp3) is 0.348. The van der Waals surface area contributed by atoms with Gasteiger partial charge in [0.2, 0.25) is 6.23 Å². The first-order valence-electron chi connectivity index (χ1n) is 11.0. The van der Waals surface area contributed by atoms with Crippen LogP contribution in [0.25, 0.3) is 0 Å². The number of carbonyl (C=O) groups excluding carboxylic acids is 1. The standard InChI is InChI=1S/C21H16F8N4O3.C2H3FO2/c22-19(23,24)16-7-13(4-1-11(16)8-30)33-9-15(36-18(33)20(25,26)27)10-35-14-5-2-12(3-6-14)32-17(34)21(28,29)31;3-1-2(4)5/h1-7,15,18H,9-10,31H2,(H,32,34);1H2,(H,4,5)/t15-,18+;/m0./s1. The van der Waals surface area contributed by atoms with Gasteiger partial charge in [0, 0.05) is 11.4 Å². The molecule has 0 unspecified atom stereocenters. The summed E-state index contributed by atoms with van der Waals surface area (Å²) < 4.78 is 127. The van der Waals surface area contributed by atoms with Crippen molar-refractivity contribution in [1.29, 1.82) is 5.26 Å². The number of hydrogen-bond acceptors (Lipinski definition) is 7. The lowest BCUT2D eigenvalue weighted by atomic mass is 10.1. The molecule has 1 amide bonds. The summed E-state index contributed by atoms with van der Waals surface area (Å²) in [4.78, 5) is 20.8. The summed E-state index contributed by atoms with van der Waals surface area (Å²) in [5, 5.41) is 18.1. The van der Waals surface area contributed by atoms with Crippen LogP contribution in [0, 0.1) is 11.3 Å². The van der Waals surface area contributed by atoms with E-state index in [0.717, 1.165) is 12.1 Å². The second-order valence-corrected chi connectivity index (χ2v) is 8.08. The Balaban J connectivity index is 0.00000108. The van der Waals surface area contributed by atoms with E-state index in [2.05, 4.69) is 5.73 Å². The monoisotopic (exact) mass is 602 g/mol. The van der Waals surface area contributed by atoms with Crippen LogP contribution in [-0.4, -0.2) is 61.4 Å². The smallest absolute Gasteiger partial charge is 0.433 e. The quantitative estimate of drug-likeness (QED) is 0.316. The number of benzene rings is 2. The van der Waals surface area contributed by atoms with Crippen molar-refractivity contribution in [3.05, 3.63) is 53.6 Å². The van der Waals surface area contributed by atoms with E-state index in [1.807, 2.05) is 5.32 Å². The van der Waals surface area contributed by atoms with Gasteiger partial charge in [-0.2, -0.15) is 40.4 Å². The summed E-state index contributed by atoms with van der Waals surface area (Å²) >= 11 is 0. The molecule has 0 radical (unpaired) electrons. The van der Waals surface area contributed by atoms with Crippen LogP contribution in [0.1, 0.15) is 11.1 Å². The zero-order valence-corrected chi connectivity index (χ0v) is 20.3. The van der Waals surface area contributed by atoms with Gasteiger partial charge in [-0.1, -0.05) is 0 Å². The number of carboxylic acids is 1. The summed E-state index contributed by atoms with van der Waals surface area (Å²) in [6.45, 7) is -2.22. The number of hydrogen-bond donors (Lipinski definition) is 3. The Hall–Kier alpha value is -4.24. The molecule has 4 N–H and O–H groups in total. The van der Waals surface area contributed by atoms with E-state index in [4.69, 9.17) is 24.6 Å². The fourth-order valence-electron chi connectivity index (χ4n) is 3.28. The molecule has 1 aliphatic heterocycles. The van der Waals surface area contributed by atoms with Gasteiger partial charge >= 0.3 is 30.3 Å². The molecule has 0 bridgehead atoms. The van der Waals surface area contributed by atoms with Crippen molar-refractivity contribution < 1.29 is 63.7 Å². The summed E-state index contributed by atoms with van der Waals surface area (Å²) in [7, 11) is 0. The number of alkyl halides is 9. The maximum Gasteiger partial charge on any atom is 0.433 e. The van der Waals surface area contributed by atoms with Gasteiger partial charge < -0.3 is 24.8 Å². The second kappa shape index (κ2) is 13.0. The van der Waals surface area contributed by atoms with Gasteiger partial charge in [0.25, 0.3) is 0 Å². The Morgan fingerprint density at radius 1 is 1.10 bits per heavy atom. The van der Waals surface area contributed by atoms with Crippen molar-refractivity contribution in [2.24, 2.45) is 5.73 Å². The maximum absolute atomic E-state index is 13.6. The first-order valence-corrected chi connectivity index (χ1v) is 11.0. The summed E-state index contributed by atoms with van der Waals surface area (Å²) in [5.41, 5.74) is 1.73. The topological polar surface area (TPSA) is 138 Å². The molecule has 18 heteroatoms. The molecule has 0 aromatic heterocycles. The van der Waals surface area contributed by atoms with E-state index in [-0.39, 0.29) is 11.4 Å². The molecular weight excluding hydrogens is 583 g/mol. The molecule has 1 fully saturated rings. The average Bonchev–Trinajstić information content (AvgIpc) is 3.32. The molecule has 224 valence electrons. The lowest BCUT2D eigenvalue weighted by Gasteiger charge is -2.27. The number of nitrogens with two attached hydrogens (primary N) is 1. The number of halogens is 9. The van der Waals surface area contributed by atoms with Gasteiger partial charge in [-0.25, -0.2) is 9.18 Å². The molecule has 1 heterocycles. The molecule has 2 atom stereocenters. The maximum atomic E-state index is 13.6. The lowest BCUT2D eigenvalue weighted by molar-refractivity contribution is -0.215. The summed E-state index contributed by atoms with van der Waals surface area (Å²) in [5.74, 6) is -3.09. The Morgan fingerprint density at radius 3 is 2.15 bits per heavy atom. The van der Waals surface area contributed by atoms with Crippen LogP contribution in [0.15, 0.2) is 42.5 Å². The molecule has 9 nitrogen and oxygen atoms in total. The van der Waals surface area contributed by atoms with Gasteiger partial charge in [0.1, 0.15) is 18.5 Å². The number of nitrogens with zero attached hydrogens (tertiary/aromatic N) is 2. The number of ether oxygens (including phenoxy) is 2. The Bertz CT molecular complexity index is 1260. The highest BCUT2D eigenvalue weighted by molar-refractivity contribution is 5.95. The first-order chi connectivity index (χ1) is 18.9. The normalized spacial score (nSPS) is 17.2. The highest BCUT2D eigenvalue weighted by Gasteiger charge is 2.51. The number of aliphatic carboxylic acids is 1. The van der Waals surface area contributed by atoms with E-state index in [1.165, 1.54) is 30.3 Å². The molecule has 2 aromatic carbocycles. The van der Waals surface area contributed by atoms with Crippen LogP contribution in [0.2, 0.25) is 0 Å². The predicted molar refractivity (Wildman–Crippen MR) is 122 cm³/mol. The number of nitrogens with one attached hydrogen (secondary N) is 1. The molecule has 1 saturated heterocycles. The van der Waals surface area contributed by atoms with Crippen molar-refractivity contribution in [2.45, 2.75) is 30.7 Å². The van der Waals surface area contributed by atoms with Crippen LogP contribution in [0.4, 0.5) is 50.9 Å². The molecular formula is C23H19F9N4O5. The minimum Gasteiger partial charge on any atom is -0.491 e. The zero-order chi connectivity index (χ0) is 31.2. The van der Waals surface area contributed by atoms with Crippen molar-refractivity contribution >= 4 is 23.3 Å². The van der Waals surface area contributed by atoms with E-state index in [1.54, 1.807) is 0 Å². The zero-order valence-electron chi connectivity index (χ0n) is 20.3. The van der Waals surface area contributed by atoms with Crippen LogP contribution < -0.4 is 20.7 Å². The van der Waals surface area contributed by atoms with Gasteiger partial charge in [0.15, 0.2) is 6.67 Å². The molecule has 1 aliphatic rings. The number of rotatable bonds is 7. The predicted octanol–water partition coefficient (Wildman–Crippen LogP) is 4.28. The minimum absolute atomic E-state index is 0.0563. The SMILES string of the molecule is N#Cc1ccc(N2C[C@@H](COc3ccc(NC(=O)C(N)(F)F)cc3)O[C@@H]2C(F)(F)F)cc1C(F)(F)F.O=C(O)CF. The van der Waals surface area contributed by atoms with Gasteiger partial charge in [0.05, 0.1) is 23.7 Å². The van der Waals surface area contributed by atoms with Crippen molar-refractivity contribution in [2.75, 3.05) is 30.0 Å². The van der Waals surface area contributed by atoms with Gasteiger partial charge in [-0.05, 0) is 42.5 Å². The number of carboxylic acid groups (broad SMARTS) is 1. The number of nitriles is 1. The molecule has 41 heavy (non-hydrogen) atoms. The van der Waals surface area contributed by atoms with Gasteiger partial charge in [-0.15, -0.1) is 0 Å². The molecule has 0 aliphatic carbocycles. The molecule has 0 saturated carbocycles. The average molecular weight is 602 g/mol.